The van der Waals surface area contributed by atoms with E-state index in [9.17, 15) is 9.59 Å². The number of Topliss-reactive ketones (excluding diaryl/α,β-unsaturated/α-hetero) is 1. The summed E-state index contributed by atoms with van der Waals surface area (Å²) in [5, 5.41) is 1.93. The van der Waals surface area contributed by atoms with Crippen molar-refractivity contribution in [3.8, 4) is 0 Å². The molecule has 1 amide bonds. The number of carbonyl (C=O) groups excluding carboxylic acids is 2. The molecule has 0 radical (unpaired) electrons. The number of rotatable bonds is 10. The second-order valence-electron chi connectivity index (χ2n) is 8.36. The Morgan fingerprint density at radius 3 is 2.41 bits per heavy atom. The summed E-state index contributed by atoms with van der Waals surface area (Å²) in [5.74, 6) is 0.212. The van der Waals surface area contributed by atoms with Gasteiger partial charge in [0.1, 0.15) is 5.60 Å². The summed E-state index contributed by atoms with van der Waals surface area (Å²) in [6.45, 7) is 9.04. The van der Waals surface area contributed by atoms with Gasteiger partial charge < -0.3 is 9.64 Å². The van der Waals surface area contributed by atoms with Crippen LogP contribution >= 0.6 is 11.3 Å². The van der Waals surface area contributed by atoms with Gasteiger partial charge in [0.2, 0.25) is 0 Å². The average Bonchev–Trinajstić information content (AvgIpc) is 3.18. The maximum Gasteiger partial charge on any atom is 0.410 e. The Morgan fingerprint density at radius 1 is 1.00 bits per heavy atom. The van der Waals surface area contributed by atoms with E-state index < -0.39 is 5.60 Å². The Labute approximate surface area is 178 Å². The third-order valence-electron chi connectivity index (χ3n) is 4.69. The Kier molecular flexibility index (Phi) is 8.90. The predicted octanol–water partition coefficient (Wildman–Crippen LogP) is 6.28. The first kappa shape index (κ1) is 23.1. The minimum atomic E-state index is -0.509. The van der Waals surface area contributed by atoms with Crippen molar-refractivity contribution >= 4 is 23.2 Å². The topological polar surface area (TPSA) is 46.6 Å². The molecule has 0 atom stereocenters. The van der Waals surface area contributed by atoms with Gasteiger partial charge in [-0.1, -0.05) is 36.8 Å². The summed E-state index contributed by atoms with van der Waals surface area (Å²) < 4.78 is 5.60. The fourth-order valence-corrected chi connectivity index (χ4v) is 3.79. The van der Waals surface area contributed by atoms with Crippen molar-refractivity contribution in [2.24, 2.45) is 0 Å². The van der Waals surface area contributed by atoms with Crippen molar-refractivity contribution in [2.75, 3.05) is 13.1 Å². The molecular weight excluding hydrogens is 382 g/mol. The molecule has 0 saturated carbocycles. The maximum absolute atomic E-state index is 12.6. The second kappa shape index (κ2) is 11.1. The van der Waals surface area contributed by atoms with Crippen LogP contribution in [0.1, 0.15) is 67.3 Å². The number of ether oxygens (including phenoxy) is 1. The Hall–Kier alpha value is -2.14. The van der Waals surface area contributed by atoms with E-state index in [0.717, 1.165) is 30.6 Å². The first-order chi connectivity index (χ1) is 13.8. The molecule has 0 saturated heterocycles. The molecule has 158 valence electrons. The Bertz CT molecular complexity index is 778. The predicted molar refractivity (Wildman–Crippen MR) is 120 cm³/mol. The van der Waals surface area contributed by atoms with Crippen molar-refractivity contribution in [1.82, 2.24) is 4.90 Å². The molecule has 0 aliphatic heterocycles. The highest BCUT2D eigenvalue weighted by Crippen LogP contribution is 2.16. The van der Waals surface area contributed by atoms with E-state index in [-0.39, 0.29) is 11.9 Å². The number of hydrogen-bond donors (Lipinski definition) is 0. The summed E-state index contributed by atoms with van der Waals surface area (Å²) in [5.41, 5.74) is 1.98. The van der Waals surface area contributed by atoms with Crippen molar-refractivity contribution in [1.29, 1.82) is 0 Å². The van der Waals surface area contributed by atoms with Crippen LogP contribution in [0.4, 0.5) is 4.79 Å². The average molecular weight is 416 g/mol. The van der Waals surface area contributed by atoms with E-state index in [4.69, 9.17) is 4.74 Å². The SMILES string of the molecule is Cc1ccccc1CCN(CCCCCC(=O)c1cccs1)C(=O)OC(C)(C)C. The van der Waals surface area contributed by atoms with Gasteiger partial charge in [-0.2, -0.15) is 0 Å². The van der Waals surface area contributed by atoms with Crippen molar-refractivity contribution in [2.45, 2.75) is 65.4 Å². The normalized spacial score (nSPS) is 11.3. The number of benzene rings is 1. The lowest BCUT2D eigenvalue weighted by molar-refractivity contribution is 0.0248. The molecule has 2 aromatic rings. The van der Waals surface area contributed by atoms with Crippen LogP contribution in [0.5, 0.6) is 0 Å². The van der Waals surface area contributed by atoms with E-state index in [1.807, 2.05) is 50.4 Å². The van der Waals surface area contributed by atoms with Crippen LogP contribution in [0.2, 0.25) is 0 Å². The number of hydrogen-bond acceptors (Lipinski definition) is 4. The van der Waals surface area contributed by atoms with Crippen LogP contribution in [0.3, 0.4) is 0 Å². The van der Waals surface area contributed by atoms with Gasteiger partial charge >= 0.3 is 6.09 Å². The molecule has 0 unspecified atom stereocenters. The molecule has 29 heavy (non-hydrogen) atoms. The highest BCUT2D eigenvalue weighted by molar-refractivity contribution is 7.12. The van der Waals surface area contributed by atoms with Gasteiger partial charge in [-0.15, -0.1) is 11.3 Å². The van der Waals surface area contributed by atoms with E-state index in [0.29, 0.717) is 19.5 Å². The summed E-state index contributed by atoms with van der Waals surface area (Å²) in [6, 6.07) is 12.1. The number of ketones is 1. The number of nitrogens with zero attached hydrogens (tertiary/aromatic N) is 1. The van der Waals surface area contributed by atoms with Crippen LogP contribution in [-0.2, 0) is 11.2 Å². The van der Waals surface area contributed by atoms with Gasteiger partial charge in [0.05, 0.1) is 4.88 Å². The smallest absolute Gasteiger partial charge is 0.410 e. The number of amides is 1. The van der Waals surface area contributed by atoms with E-state index in [2.05, 4.69) is 19.1 Å². The van der Waals surface area contributed by atoms with Crippen LogP contribution in [0.15, 0.2) is 41.8 Å². The van der Waals surface area contributed by atoms with E-state index in [1.54, 1.807) is 4.90 Å². The van der Waals surface area contributed by atoms with Crippen LogP contribution in [0, 0.1) is 6.92 Å². The van der Waals surface area contributed by atoms with Gasteiger partial charge in [-0.3, -0.25) is 4.79 Å². The molecule has 1 aromatic heterocycles. The second-order valence-corrected chi connectivity index (χ2v) is 9.30. The zero-order valence-corrected chi connectivity index (χ0v) is 18.9. The largest absolute Gasteiger partial charge is 0.444 e. The minimum absolute atomic E-state index is 0.212. The molecule has 5 heteroatoms. The molecule has 0 aliphatic rings. The molecule has 0 N–H and O–H groups in total. The van der Waals surface area contributed by atoms with Crippen LogP contribution in [0.25, 0.3) is 0 Å². The summed E-state index contributed by atoms with van der Waals surface area (Å²) in [6.07, 6.45) is 3.74. The molecule has 1 heterocycles. The third kappa shape index (κ3) is 8.40. The van der Waals surface area contributed by atoms with Gasteiger partial charge in [0.25, 0.3) is 0 Å². The summed E-state index contributed by atoms with van der Waals surface area (Å²) >= 11 is 1.50. The fourth-order valence-electron chi connectivity index (χ4n) is 3.09. The highest BCUT2D eigenvalue weighted by Gasteiger charge is 2.22. The molecule has 1 aromatic carbocycles. The molecule has 0 fully saturated rings. The van der Waals surface area contributed by atoms with E-state index in [1.165, 1.54) is 22.5 Å². The minimum Gasteiger partial charge on any atom is -0.444 e. The quantitative estimate of drug-likeness (QED) is 0.339. The number of unbranched alkanes of at least 4 members (excludes halogenated alkanes) is 2. The molecule has 0 spiro atoms. The molecule has 0 bridgehead atoms. The van der Waals surface area contributed by atoms with E-state index >= 15 is 0 Å². The lowest BCUT2D eigenvalue weighted by atomic mass is 10.1. The van der Waals surface area contributed by atoms with Gasteiger partial charge in [-0.25, -0.2) is 4.79 Å². The lowest BCUT2D eigenvalue weighted by Crippen LogP contribution is -2.38. The van der Waals surface area contributed by atoms with Crippen molar-refractivity contribution < 1.29 is 14.3 Å². The number of carbonyl (C=O) groups is 2. The Balaban J connectivity index is 1.83. The fraction of sp³-hybridized carbons (Fsp3) is 0.500. The molecule has 0 aliphatic carbocycles. The van der Waals surface area contributed by atoms with Gasteiger partial charge in [0.15, 0.2) is 5.78 Å². The first-order valence-electron chi connectivity index (χ1n) is 10.4. The van der Waals surface area contributed by atoms with Crippen LogP contribution < -0.4 is 0 Å². The Morgan fingerprint density at radius 2 is 1.76 bits per heavy atom. The zero-order chi connectivity index (χ0) is 21.3. The van der Waals surface area contributed by atoms with Gasteiger partial charge in [-0.05, 0) is 69.5 Å². The monoisotopic (exact) mass is 415 g/mol. The first-order valence-corrected chi connectivity index (χ1v) is 11.2. The molecular formula is C24H33NO3S. The molecule has 4 nitrogen and oxygen atoms in total. The maximum atomic E-state index is 12.6. The lowest BCUT2D eigenvalue weighted by Gasteiger charge is -2.27. The van der Waals surface area contributed by atoms with Crippen molar-refractivity contribution in [3.63, 3.8) is 0 Å². The van der Waals surface area contributed by atoms with Crippen molar-refractivity contribution in [3.05, 3.63) is 57.8 Å². The number of aryl methyl sites for hydroxylation is 1. The summed E-state index contributed by atoms with van der Waals surface area (Å²) in [7, 11) is 0. The summed E-state index contributed by atoms with van der Waals surface area (Å²) in [4.78, 5) is 27.4. The number of thiophene rings is 1. The molecule has 2 rings (SSSR count). The van der Waals surface area contributed by atoms with Gasteiger partial charge in [0, 0.05) is 19.5 Å². The van der Waals surface area contributed by atoms with Crippen LogP contribution in [-0.4, -0.2) is 35.5 Å². The highest BCUT2D eigenvalue weighted by atomic mass is 32.1. The zero-order valence-electron chi connectivity index (χ0n) is 18.1. The third-order valence-corrected chi connectivity index (χ3v) is 5.60. The standard InChI is InChI=1S/C24H33NO3S/c1-19-11-7-8-12-20(19)15-17-25(23(27)28-24(2,3)4)16-9-5-6-13-21(26)22-14-10-18-29-22/h7-8,10-12,14,18H,5-6,9,13,15-17H2,1-4H3.